The minimum atomic E-state index is -0.316. The number of hydrogen-bond donors (Lipinski definition) is 0. The van der Waals surface area contributed by atoms with Gasteiger partial charge in [-0.2, -0.15) is 5.26 Å². The van der Waals surface area contributed by atoms with Crippen molar-refractivity contribution < 1.29 is 4.79 Å². The Labute approximate surface area is 241 Å². The van der Waals surface area contributed by atoms with Gasteiger partial charge in [-0.3, -0.25) is 19.1 Å². The Kier molecular flexibility index (Phi) is 9.87. The van der Waals surface area contributed by atoms with Gasteiger partial charge in [0.15, 0.2) is 0 Å². The zero-order chi connectivity index (χ0) is 27.9. The number of carbonyl (C=O) groups excluding carboxylic acids is 1. The Hall–Kier alpha value is -3.09. The number of nitriles is 1. The number of benzene rings is 1. The molecular formula is C30H37N5O2S2. The maximum absolute atomic E-state index is 13.4. The van der Waals surface area contributed by atoms with E-state index in [4.69, 9.17) is 12.2 Å². The smallest absolute Gasteiger partial charge is 0.270 e. The van der Waals surface area contributed by atoms with Crippen molar-refractivity contribution in [3.8, 4) is 6.07 Å². The highest BCUT2D eigenvalue weighted by molar-refractivity contribution is 8.26. The summed E-state index contributed by atoms with van der Waals surface area (Å²) < 4.78 is 2.13. The molecule has 2 aromatic rings. The van der Waals surface area contributed by atoms with Crippen LogP contribution in [-0.4, -0.2) is 52.4 Å². The fourth-order valence-corrected chi connectivity index (χ4v) is 6.57. The van der Waals surface area contributed by atoms with Crippen LogP contribution in [0.5, 0.6) is 0 Å². The van der Waals surface area contributed by atoms with Gasteiger partial charge in [0.25, 0.3) is 11.5 Å². The summed E-state index contributed by atoms with van der Waals surface area (Å²) in [6, 6.07) is 12.4. The number of amides is 1. The van der Waals surface area contributed by atoms with Crippen LogP contribution in [0.4, 0.5) is 11.5 Å². The predicted octanol–water partition coefficient (Wildman–Crippen LogP) is 5.45. The van der Waals surface area contributed by atoms with Crippen molar-refractivity contribution in [3.63, 3.8) is 0 Å². The van der Waals surface area contributed by atoms with E-state index in [-0.39, 0.29) is 17.0 Å². The summed E-state index contributed by atoms with van der Waals surface area (Å²) in [6.45, 7) is 7.66. The Morgan fingerprint density at radius 2 is 1.64 bits per heavy atom. The molecule has 3 heterocycles. The third-order valence-electron chi connectivity index (χ3n) is 7.55. The summed E-state index contributed by atoms with van der Waals surface area (Å²) in [7, 11) is 1.71. The first-order valence-electron chi connectivity index (χ1n) is 13.8. The van der Waals surface area contributed by atoms with Crippen LogP contribution in [0.15, 0.2) is 40.0 Å². The van der Waals surface area contributed by atoms with E-state index in [9.17, 15) is 14.9 Å². The Morgan fingerprint density at radius 1 is 1.00 bits per heavy atom. The van der Waals surface area contributed by atoms with Gasteiger partial charge in [0.05, 0.1) is 4.91 Å². The summed E-state index contributed by atoms with van der Waals surface area (Å²) in [4.78, 5) is 33.3. The molecule has 0 bridgehead atoms. The molecule has 0 saturated carbocycles. The van der Waals surface area contributed by atoms with Crippen molar-refractivity contribution >= 4 is 51.8 Å². The number of thiocarbonyl (C=S) groups is 1. The number of carbonyl (C=O) groups is 1. The van der Waals surface area contributed by atoms with E-state index in [0.717, 1.165) is 37.3 Å². The lowest BCUT2D eigenvalue weighted by atomic mass is 10.0. The molecule has 0 spiro atoms. The number of hydrogen-bond acceptors (Lipinski definition) is 7. The summed E-state index contributed by atoms with van der Waals surface area (Å²) in [6.07, 6.45) is 8.71. The number of unbranched alkanes of at least 4 members (excludes halogenated alkanes) is 5. The molecule has 206 valence electrons. The lowest BCUT2D eigenvalue weighted by Gasteiger charge is -2.38. The van der Waals surface area contributed by atoms with Gasteiger partial charge in [-0.1, -0.05) is 81.2 Å². The summed E-state index contributed by atoms with van der Waals surface area (Å²) in [5.74, 6) is 0.649. The number of anilines is 2. The predicted molar refractivity (Wildman–Crippen MR) is 165 cm³/mol. The van der Waals surface area contributed by atoms with Crippen LogP contribution in [0.1, 0.15) is 62.1 Å². The highest BCUT2D eigenvalue weighted by Crippen LogP contribution is 2.36. The lowest BCUT2D eigenvalue weighted by molar-refractivity contribution is -0.122. The average molecular weight is 564 g/mol. The maximum Gasteiger partial charge on any atom is 0.270 e. The van der Waals surface area contributed by atoms with Gasteiger partial charge in [-0.05, 0) is 37.1 Å². The quantitative estimate of drug-likeness (QED) is 0.216. The maximum atomic E-state index is 13.4. The molecule has 4 rings (SSSR count). The van der Waals surface area contributed by atoms with Crippen LogP contribution in [0.2, 0.25) is 0 Å². The molecule has 0 unspecified atom stereocenters. The van der Waals surface area contributed by atoms with Crippen molar-refractivity contribution in [2.75, 3.05) is 42.5 Å². The van der Waals surface area contributed by atoms with E-state index < -0.39 is 0 Å². The van der Waals surface area contributed by atoms with E-state index >= 15 is 0 Å². The summed E-state index contributed by atoms with van der Waals surface area (Å²) in [5, 5.41) is 9.78. The Morgan fingerprint density at radius 3 is 2.31 bits per heavy atom. The third-order valence-corrected chi connectivity index (χ3v) is 8.93. The van der Waals surface area contributed by atoms with Crippen molar-refractivity contribution in [2.45, 2.75) is 52.4 Å². The average Bonchev–Trinajstić information content (AvgIpc) is 3.22. The highest BCUT2D eigenvalue weighted by Gasteiger charge is 2.33. The molecule has 2 aliphatic heterocycles. The molecule has 1 amide bonds. The molecular weight excluding hydrogens is 526 g/mol. The lowest BCUT2D eigenvalue weighted by Crippen LogP contribution is -2.48. The van der Waals surface area contributed by atoms with Gasteiger partial charge in [0.2, 0.25) is 0 Å². The van der Waals surface area contributed by atoms with Crippen LogP contribution >= 0.6 is 24.0 Å². The van der Waals surface area contributed by atoms with E-state index in [1.54, 1.807) is 23.4 Å². The molecule has 0 aliphatic carbocycles. The largest absolute Gasteiger partial charge is 0.368 e. The molecule has 1 aromatic carbocycles. The first-order chi connectivity index (χ1) is 18.9. The number of rotatable bonds is 10. The molecule has 2 aliphatic rings. The monoisotopic (exact) mass is 563 g/mol. The molecule has 0 atom stereocenters. The van der Waals surface area contributed by atoms with Gasteiger partial charge in [0, 0.05) is 51.0 Å². The zero-order valence-electron chi connectivity index (χ0n) is 23.1. The fourth-order valence-electron chi connectivity index (χ4n) is 5.28. The Balaban J connectivity index is 1.59. The van der Waals surface area contributed by atoms with Crippen LogP contribution in [0.25, 0.3) is 6.08 Å². The van der Waals surface area contributed by atoms with Crippen molar-refractivity contribution in [3.05, 3.63) is 62.3 Å². The van der Waals surface area contributed by atoms with Gasteiger partial charge in [-0.15, -0.1) is 0 Å². The molecule has 1 aromatic heterocycles. The molecule has 9 heteroatoms. The SMILES string of the molecule is CCCCCCCCN1C(=O)/C(=C/c2c(C)c(C#N)c(=O)n(C)c2N2CCN(c3ccccc3)CC2)SC1=S. The van der Waals surface area contributed by atoms with Crippen LogP contribution in [-0.2, 0) is 11.8 Å². The summed E-state index contributed by atoms with van der Waals surface area (Å²) >= 11 is 6.89. The minimum Gasteiger partial charge on any atom is -0.368 e. The number of para-hydroxylation sites is 1. The van der Waals surface area contributed by atoms with Crippen molar-refractivity contribution in [1.82, 2.24) is 9.47 Å². The second kappa shape index (κ2) is 13.3. The van der Waals surface area contributed by atoms with Crippen LogP contribution < -0.4 is 15.4 Å². The van der Waals surface area contributed by atoms with Gasteiger partial charge in [0.1, 0.15) is 21.8 Å². The number of piperazine rings is 1. The number of aromatic nitrogens is 1. The standard InChI is InChI=1S/C30H37N5O2S2/c1-4-5-6-7-8-12-15-35-29(37)26(39-30(35)38)20-24-22(2)25(21-31)28(36)32(3)27(24)34-18-16-33(17-19-34)23-13-10-9-11-14-23/h9-11,13-14,20H,4-8,12,15-19H2,1-3H3/b26-20-. The minimum absolute atomic E-state index is 0.0924. The topological polar surface area (TPSA) is 72.6 Å². The summed E-state index contributed by atoms with van der Waals surface area (Å²) in [5.41, 5.74) is 2.31. The number of thioether (sulfide) groups is 1. The molecule has 39 heavy (non-hydrogen) atoms. The van der Waals surface area contributed by atoms with Gasteiger partial charge >= 0.3 is 0 Å². The van der Waals surface area contributed by atoms with Crippen LogP contribution in [0, 0.1) is 18.3 Å². The van der Waals surface area contributed by atoms with Crippen molar-refractivity contribution in [1.29, 1.82) is 5.26 Å². The fraction of sp³-hybridized carbons (Fsp3) is 0.467. The normalized spacial score (nSPS) is 16.9. The first-order valence-corrected chi connectivity index (χ1v) is 15.0. The second-order valence-corrected chi connectivity index (χ2v) is 11.8. The third kappa shape index (κ3) is 6.39. The molecule has 0 N–H and O–H groups in total. The van der Waals surface area contributed by atoms with E-state index in [0.29, 0.717) is 34.4 Å². The van der Waals surface area contributed by atoms with Gasteiger partial charge in [-0.25, -0.2) is 0 Å². The second-order valence-electron chi connectivity index (χ2n) is 10.1. The Bertz CT molecular complexity index is 1340. The molecule has 2 fully saturated rings. The zero-order valence-corrected chi connectivity index (χ0v) is 24.7. The number of nitrogens with zero attached hydrogens (tertiary/aromatic N) is 5. The molecule has 7 nitrogen and oxygen atoms in total. The van der Waals surface area contributed by atoms with Crippen LogP contribution in [0.3, 0.4) is 0 Å². The van der Waals surface area contributed by atoms with Gasteiger partial charge < -0.3 is 9.80 Å². The van der Waals surface area contributed by atoms with Crippen molar-refractivity contribution in [2.24, 2.45) is 7.05 Å². The highest BCUT2D eigenvalue weighted by atomic mass is 32.2. The molecule has 2 saturated heterocycles. The first kappa shape index (κ1) is 28.9. The van der Waals surface area contributed by atoms with E-state index in [2.05, 4.69) is 34.9 Å². The molecule has 0 radical (unpaired) electrons. The number of pyridine rings is 1. The van der Waals surface area contributed by atoms with E-state index in [1.165, 1.54) is 43.1 Å². The van der Waals surface area contributed by atoms with E-state index in [1.807, 2.05) is 24.3 Å².